The van der Waals surface area contributed by atoms with Crippen LogP contribution in [-0.4, -0.2) is 48.9 Å². The van der Waals surface area contributed by atoms with Gasteiger partial charge in [-0.15, -0.1) is 0 Å². The Kier molecular flexibility index (Phi) is 4.22. The van der Waals surface area contributed by atoms with Crippen LogP contribution in [0.25, 0.3) is 0 Å². The lowest BCUT2D eigenvalue weighted by atomic mass is 10.2. The molecule has 1 aliphatic carbocycles. The van der Waals surface area contributed by atoms with Crippen molar-refractivity contribution in [2.45, 2.75) is 38.5 Å². The van der Waals surface area contributed by atoms with Gasteiger partial charge in [0.1, 0.15) is 0 Å². The Labute approximate surface area is 98.8 Å². The molecule has 1 saturated carbocycles. The molecule has 0 aromatic carbocycles. The lowest BCUT2D eigenvalue weighted by Gasteiger charge is -2.24. The summed E-state index contributed by atoms with van der Waals surface area (Å²) < 4.78 is 0. The molecular formula is C13H24N2O. The summed E-state index contributed by atoms with van der Waals surface area (Å²) in [6, 6.07) is 0. The zero-order valence-electron chi connectivity index (χ0n) is 10.5. The molecule has 0 spiro atoms. The fourth-order valence-electron chi connectivity index (χ4n) is 2.32. The van der Waals surface area contributed by atoms with Crippen LogP contribution in [0.2, 0.25) is 0 Å². The zero-order valence-corrected chi connectivity index (χ0v) is 10.5. The molecule has 0 bridgehead atoms. The summed E-state index contributed by atoms with van der Waals surface area (Å²) in [6.45, 7) is 4.14. The molecule has 92 valence electrons. The molecule has 0 radical (unpaired) electrons. The van der Waals surface area contributed by atoms with Crippen LogP contribution in [0, 0.1) is 5.92 Å². The topological polar surface area (TPSA) is 23.6 Å². The maximum absolute atomic E-state index is 12.0. The first-order chi connectivity index (χ1) is 7.75. The van der Waals surface area contributed by atoms with Crippen molar-refractivity contribution in [3.05, 3.63) is 0 Å². The minimum Gasteiger partial charge on any atom is -0.341 e. The molecule has 0 unspecified atom stereocenters. The first-order valence-electron chi connectivity index (χ1n) is 6.72. The number of hydrogen-bond donors (Lipinski definition) is 0. The van der Waals surface area contributed by atoms with Gasteiger partial charge in [-0.2, -0.15) is 0 Å². The number of amides is 1. The van der Waals surface area contributed by atoms with Gasteiger partial charge in [0.2, 0.25) is 5.91 Å². The van der Waals surface area contributed by atoms with E-state index in [9.17, 15) is 4.79 Å². The van der Waals surface area contributed by atoms with Crippen molar-refractivity contribution in [2.24, 2.45) is 5.92 Å². The number of hydrogen-bond acceptors (Lipinski definition) is 2. The average molecular weight is 224 g/mol. The Morgan fingerprint density at radius 3 is 2.56 bits per heavy atom. The Bertz CT molecular complexity index is 238. The van der Waals surface area contributed by atoms with Gasteiger partial charge >= 0.3 is 0 Å². The summed E-state index contributed by atoms with van der Waals surface area (Å²) in [7, 11) is 2.16. The van der Waals surface area contributed by atoms with Crippen LogP contribution >= 0.6 is 0 Å². The maximum Gasteiger partial charge on any atom is 0.222 e. The highest BCUT2D eigenvalue weighted by Gasteiger charge is 2.27. The van der Waals surface area contributed by atoms with Crippen molar-refractivity contribution in [3.63, 3.8) is 0 Å². The summed E-state index contributed by atoms with van der Waals surface area (Å²) in [6.07, 6.45) is 7.09. The van der Waals surface area contributed by atoms with Gasteiger partial charge in [-0.25, -0.2) is 0 Å². The predicted octanol–water partition coefficient (Wildman–Crippen LogP) is 1.73. The Morgan fingerprint density at radius 1 is 1.06 bits per heavy atom. The molecule has 1 saturated heterocycles. The van der Waals surface area contributed by atoms with E-state index in [1.807, 2.05) is 0 Å². The van der Waals surface area contributed by atoms with Crippen LogP contribution in [0.15, 0.2) is 0 Å². The van der Waals surface area contributed by atoms with Crippen LogP contribution in [0.5, 0.6) is 0 Å². The summed E-state index contributed by atoms with van der Waals surface area (Å²) in [5, 5.41) is 0. The molecule has 3 nitrogen and oxygen atoms in total. The highest BCUT2D eigenvalue weighted by Crippen LogP contribution is 2.32. The van der Waals surface area contributed by atoms with E-state index in [-0.39, 0.29) is 0 Å². The fourth-order valence-corrected chi connectivity index (χ4v) is 2.32. The molecule has 1 aliphatic heterocycles. The largest absolute Gasteiger partial charge is 0.341 e. The Balaban J connectivity index is 1.81. The molecule has 2 aliphatic rings. The zero-order chi connectivity index (χ0) is 11.4. The Morgan fingerprint density at radius 2 is 1.81 bits per heavy atom. The van der Waals surface area contributed by atoms with Crippen molar-refractivity contribution in [2.75, 3.05) is 33.2 Å². The van der Waals surface area contributed by atoms with E-state index in [0.29, 0.717) is 5.91 Å². The monoisotopic (exact) mass is 224 g/mol. The summed E-state index contributed by atoms with van der Waals surface area (Å²) in [5.74, 6) is 1.12. The quantitative estimate of drug-likeness (QED) is 0.713. The molecular weight excluding hydrogens is 200 g/mol. The van der Waals surface area contributed by atoms with Crippen LogP contribution < -0.4 is 0 Å². The van der Waals surface area contributed by atoms with E-state index in [1.165, 1.54) is 38.6 Å². The number of carbonyl (C=O) groups excluding carboxylic acids is 1. The van der Waals surface area contributed by atoms with Crippen molar-refractivity contribution < 1.29 is 4.79 Å². The average Bonchev–Trinajstić information content (AvgIpc) is 3.03. The second-order valence-electron chi connectivity index (χ2n) is 5.39. The molecule has 16 heavy (non-hydrogen) atoms. The standard InChI is InChI=1S/C13H24N2O/c1-14-7-3-2-4-8-15(10-9-14)13(16)11-12-5-6-12/h12H,2-11H2,1H3. The molecule has 1 heterocycles. The van der Waals surface area contributed by atoms with E-state index < -0.39 is 0 Å². The predicted molar refractivity (Wildman–Crippen MR) is 65.3 cm³/mol. The van der Waals surface area contributed by atoms with Crippen molar-refractivity contribution in [3.8, 4) is 0 Å². The molecule has 0 N–H and O–H groups in total. The van der Waals surface area contributed by atoms with Crippen LogP contribution in [0.1, 0.15) is 38.5 Å². The van der Waals surface area contributed by atoms with Gasteiger partial charge in [0.15, 0.2) is 0 Å². The maximum atomic E-state index is 12.0. The molecule has 2 fully saturated rings. The second kappa shape index (κ2) is 5.67. The summed E-state index contributed by atoms with van der Waals surface area (Å²) >= 11 is 0. The normalized spacial score (nSPS) is 24.7. The fraction of sp³-hybridized carbons (Fsp3) is 0.923. The number of likely N-dealkylation sites (N-methyl/N-ethyl adjacent to an activating group) is 1. The van der Waals surface area contributed by atoms with Crippen LogP contribution in [0.3, 0.4) is 0 Å². The smallest absolute Gasteiger partial charge is 0.222 e. The van der Waals surface area contributed by atoms with Gasteiger partial charge in [-0.1, -0.05) is 6.42 Å². The molecule has 0 aromatic heterocycles. The van der Waals surface area contributed by atoms with E-state index >= 15 is 0 Å². The lowest BCUT2D eigenvalue weighted by molar-refractivity contribution is -0.131. The Hall–Kier alpha value is -0.570. The number of rotatable bonds is 2. The van der Waals surface area contributed by atoms with Gasteiger partial charge in [-0.05, 0) is 45.2 Å². The minimum absolute atomic E-state index is 0.401. The molecule has 2 rings (SSSR count). The second-order valence-corrected chi connectivity index (χ2v) is 5.39. The molecule has 3 heteroatoms. The van der Waals surface area contributed by atoms with Crippen molar-refractivity contribution in [1.82, 2.24) is 9.80 Å². The number of carbonyl (C=O) groups is 1. The van der Waals surface area contributed by atoms with Gasteiger partial charge in [0.25, 0.3) is 0 Å². The van der Waals surface area contributed by atoms with Crippen molar-refractivity contribution in [1.29, 1.82) is 0 Å². The summed E-state index contributed by atoms with van der Waals surface area (Å²) in [5.41, 5.74) is 0. The van der Waals surface area contributed by atoms with Gasteiger partial charge in [-0.3, -0.25) is 4.79 Å². The number of nitrogens with zero attached hydrogens (tertiary/aromatic N) is 2. The molecule has 0 aromatic rings. The van der Waals surface area contributed by atoms with E-state index in [0.717, 1.165) is 32.0 Å². The van der Waals surface area contributed by atoms with Gasteiger partial charge in [0.05, 0.1) is 0 Å². The third-order valence-electron chi connectivity index (χ3n) is 3.73. The van der Waals surface area contributed by atoms with Gasteiger partial charge < -0.3 is 9.80 Å². The van der Waals surface area contributed by atoms with E-state index in [2.05, 4.69) is 16.8 Å². The third-order valence-corrected chi connectivity index (χ3v) is 3.73. The highest BCUT2D eigenvalue weighted by atomic mass is 16.2. The first kappa shape index (κ1) is 11.9. The van der Waals surface area contributed by atoms with Crippen LogP contribution in [0.4, 0.5) is 0 Å². The van der Waals surface area contributed by atoms with Crippen molar-refractivity contribution >= 4 is 5.91 Å². The SMILES string of the molecule is CN1CCCCCN(C(=O)CC2CC2)CC1. The first-order valence-corrected chi connectivity index (χ1v) is 6.72. The minimum atomic E-state index is 0.401. The lowest BCUT2D eigenvalue weighted by Crippen LogP contribution is -2.37. The molecule has 1 amide bonds. The van der Waals surface area contributed by atoms with Crippen LogP contribution in [-0.2, 0) is 4.79 Å². The van der Waals surface area contributed by atoms with E-state index in [1.54, 1.807) is 0 Å². The van der Waals surface area contributed by atoms with E-state index in [4.69, 9.17) is 0 Å². The molecule has 0 atom stereocenters. The highest BCUT2D eigenvalue weighted by molar-refractivity contribution is 5.76. The van der Waals surface area contributed by atoms with Gasteiger partial charge in [0, 0.05) is 26.1 Å². The summed E-state index contributed by atoms with van der Waals surface area (Å²) in [4.78, 5) is 16.5. The third kappa shape index (κ3) is 3.78.